The minimum absolute atomic E-state index is 0. The molecule has 28 heavy (non-hydrogen) atoms. The first kappa shape index (κ1) is 36.9. The molecule has 1 heterocycles. The maximum atomic E-state index is 10.9. The molecule has 0 saturated carbocycles. The molecular formula is C21H46N2O5. The maximum Gasteiger partial charge on any atom is 0.332 e. The average Bonchev–Trinajstić information content (AvgIpc) is 2.92. The summed E-state index contributed by atoms with van der Waals surface area (Å²) in [5.74, 6) is -0.308. The Kier molecular flexibility index (Phi) is 28.2. The summed E-state index contributed by atoms with van der Waals surface area (Å²) in [4.78, 5) is 47.3. The SMILES string of the molecule is C.C.C.CCC(=O)ON1C(=O)CCC1=O.CCC(C)CC.CNC(=O)C(C)C. The first-order valence-corrected chi connectivity index (χ1v) is 8.92. The van der Waals surface area contributed by atoms with Crippen molar-refractivity contribution in [2.75, 3.05) is 7.05 Å². The van der Waals surface area contributed by atoms with Crippen LogP contribution in [0.25, 0.3) is 0 Å². The number of nitrogens with one attached hydrogen (secondary N) is 1. The molecule has 0 spiro atoms. The van der Waals surface area contributed by atoms with Crippen molar-refractivity contribution in [1.29, 1.82) is 0 Å². The van der Waals surface area contributed by atoms with E-state index in [1.165, 1.54) is 12.8 Å². The van der Waals surface area contributed by atoms with Crippen LogP contribution in [-0.4, -0.2) is 35.8 Å². The van der Waals surface area contributed by atoms with Crippen LogP contribution in [0.3, 0.4) is 0 Å². The first-order chi connectivity index (χ1) is 11.6. The van der Waals surface area contributed by atoms with Crippen LogP contribution in [0.5, 0.6) is 0 Å². The molecule has 0 aliphatic carbocycles. The molecule has 1 fully saturated rings. The van der Waals surface area contributed by atoms with E-state index >= 15 is 0 Å². The molecule has 0 atom stereocenters. The third-order valence-corrected chi connectivity index (χ3v) is 3.65. The number of hydrogen-bond donors (Lipinski definition) is 1. The molecule has 0 aromatic carbocycles. The third kappa shape index (κ3) is 17.5. The van der Waals surface area contributed by atoms with E-state index < -0.39 is 17.8 Å². The summed E-state index contributed by atoms with van der Waals surface area (Å²) in [5.41, 5.74) is 0. The highest BCUT2D eigenvalue weighted by Gasteiger charge is 2.32. The second-order valence-electron chi connectivity index (χ2n) is 6.09. The van der Waals surface area contributed by atoms with Crippen molar-refractivity contribution < 1.29 is 24.0 Å². The number of rotatable bonds is 5. The number of amides is 3. The van der Waals surface area contributed by atoms with Crippen LogP contribution < -0.4 is 5.32 Å². The number of carbonyl (C=O) groups is 4. The van der Waals surface area contributed by atoms with Gasteiger partial charge in [-0.25, -0.2) is 4.79 Å². The quantitative estimate of drug-likeness (QED) is 0.665. The van der Waals surface area contributed by atoms with E-state index in [0.717, 1.165) is 5.92 Å². The van der Waals surface area contributed by atoms with Crippen molar-refractivity contribution in [3.05, 3.63) is 0 Å². The maximum absolute atomic E-state index is 10.9. The molecule has 0 bridgehead atoms. The number of imide groups is 1. The van der Waals surface area contributed by atoms with Crippen LogP contribution in [0.4, 0.5) is 0 Å². The molecule has 1 aliphatic rings. The molecule has 1 aliphatic heterocycles. The summed E-state index contributed by atoms with van der Waals surface area (Å²) in [5, 5.41) is 3.07. The fourth-order valence-electron chi connectivity index (χ4n) is 1.40. The first-order valence-electron chi connectivity index (χ1n) is 8.92. The van der Waals surface area contributed by atoms with Gasteiger partial charge in [0.1, 0.15) is 0 Å². The van der Waals surface area contributed by atoms with Crippen molar-refractivity contribution in [1.82, 2.24) is 10.4 Å². The van der Waals surface area contributed by atoms with E-state index in [-0.39, 0.29) is 53.4 Å². The molecule has 1 N–H and O–H groups in total. The molecule has 7 nitrogen and oxygen atoms in total. The number of carbonyl (C=O) groups excluding carboxylic acids is 4. The minimum Gasteiger partial charge on any atom is -0.359 e. The molecule has 7 heteroatoms. The van der Waals surface area contributed by atoms with Crippen molar-refractivity contribution >= 4 is 23.7 Å². The summed E-state index contributed by atoms with van der Waals surface area (Å²) >= 11 is 0. The van der Waals surface area contributed by atoms with Gasteiger partial charge in [-0.1, -0.05) is 76.7 Å². The summed E-state index contributed by atoms with van der Waals surface area (Å²) in [6, 6.07) is 0. The lowest BCUT2D eigenvalue weighted by Gasteiger charge is -2.10. The fraction of sp³-hybridized carbons (Fsp3) is 0.810. The van der Waals surface area contributed by atoms with Gasteiger partial charge in [0, 0.05) is 32.2 Å². The Morgan fingerprint density at radius 3 is 1.54 bits per heavy atom. The van der Waals surface area contributed by atoms with Gasteiger partial charge in [0.15, 0.2) is 0 Å². The van der Waals surface area contributed by atoms with E-state index in [9.17, 15) is 19.2 Å². The van der Waals surface area contributed by atoms with Crippen LogP contribution in [0.2, 0.25) is 0 Å². The van der Waals surface area contributed by atoms with Gasteiger partial charge in [-0.3, -0.25) is 14.4 Å². The lowest BCUT2D eigenvalue weighted by Crippen LogP contribution is -2.31. The van der Waals surface area contributed by atoms with Crippen LogP contribution in [0, 0.1) is 11.8 Å². The largest absolute Gasteiger partial charge is 0.359 e. The third-order valence-electron chi connectivity index (χ3n) is 3.65. The van der Waals surface area contributed by atoms with E-state index in [1.54, 1.807) is 14.0 Å². The highest BCUT2D eigenvalue weighted by Crippen LogP contribution is 2.12. The van der Waals surface area contributed by atoms with Gasteiger partial charge >= 0.3 is 5.97 Å². The van der Waals surface area contributed by atoms with Gasteiger partial charge in [0.2, 0.25) is 5.91 Å². The van der Waals surface area contributed by atoms with Crippen molar-refractivity contribution in [3.63, 3.8) is 0 Å². The van der Waals surface area contributed by atoms with Crippen LogP contribution in [0.1, 0.15) is 95.9 Å². The molecule has 170 valence electrons. The summed E-state index contributed by atoms with van der Waals surface area (Å²) in [6.45, 7) is 12.0. The average molecular weight is 407 g/mol. The minimum atomic E-state index is -0.571. The Morgan fingerprint density at radius 2 is 1.36 bits per heavy atom. The molecule has 0 unspecified atom stereocenters. The summed E-state index contributed by atoms with van der Waals surface area (Å²) in [7, 11) is 1.64. The van der Waals surface area contributed by atoms with Gasteiger partial charge in [0.25, 0.3) is 11.8 Å². The second kappa shape index (κ2) is 21.4. The Morgan fingerprint density at radius 1 is 0.964 bits per heavy atom. The van der Waals surface area contributed by atoms with E-state index in [1.807, 2.05) is 13.8 Å². The second-order valence-corrected chi connectivity index (χ2v) is 6.09. The Bertz CT molecular complexity index is 417. The predicted molar refractivity (Wildman–Crippen MR) is 116 cm³/mol. The smallest absolute Gasteiger partial charge is 0.332 e. The summed E-state index contributed by atoms with van der Waals surface area (Å²) < 4.78 is 0. The predicted octanol–water partition coefficient (Wildman–Crippen LogP) is 4.74. The molecular weight excluding hydrogens is 360 g/mol. The van der Waals surface area contributed by atoms with E-state index in [0.29, 0.717) is 5.06 Å². The van der Waals surface area contributed by atoms with Crippen molar-refractivity contribution in [2.45, 2.75) is 95.9 Å². The lowest BCUT2D eigenvalue weighted by atomic mass is 10.1. The van der Waals surface area contributed by atoms with E-state index in [2.05, 4.69) is 30.9 Å². The Labute approximate surface area is 173 Å². The van der Waals surface area contributed by atoms with Crippen LogP contribution in [0.15, 0.2) is 0 Å². The van der Waals surface area contributed by atoms with Gasteiger partial charge in [-0.15, -0.1) is 5.06 Å². The molecule has 0 aromatic heterocycles. The number of nitrogens with zero attached hydrogens (tertiary/aromatic N) is 1. The highest BCUT2D eigenvalue weighted by atomic mass is 16.7. The van der Waals surface area contributed by atoms with Crippen LogP contribution in [-0.2, 0) is 24.0 Å². The normalized spacial score (nSPS) is 11.7. The number of hydrogen-bond acceptors (Lipinski definition) is 5. The van der Waals surface area contributed by atoms with Gasteiger partial charge in [0.05, 0.1) is 0 Å². The topological polar surface area (TPSA) is 92.8 Å². The van der Waals surface area contributed by atoms with Gasteiger partial charge in [-0.2, -0.15) is 0 Å². The molecule has 1 saturated heterocycles. The zero-order valence-electron chi connectivity index (χ0n) is 16.7. The highest BCUT2D eigenvalue weighted by molar-refractivity contribution is 6.01. The van der Waals surface area contributed by atoms with Gasteiger partial charge < -0.3 is 10.2 Å². The zero-order chi connectivity index (χ0) is 20.0. The molecule has 0 aromatic rings. The fourth-order valence-corrected chi connectivity index (χ4v) is 1.40. The van der Waals surface area contributed by atoms with Gasteiger partial charge in [-0.05, 0) is 5.92 Å². The Hall–Kier alpha value is -1.92. The zero-order valence-corrected chi connectivity index (χ0v) is 16.7. The van der Waals surface area contributed by atoms with Crippen molar-refractivity contribution in [3.8, 4) is 0 Å². The Balaban J connectivity index is -0.0000000968. The molecule has 0 radical (unpaired) electrons. The molecule has 3 amide bonds. The lowest BCUT2D eigenvalue weighted by molar-refractivity contribution is -0.197. The molecule has 1 rings (SSSR count). The van der Waals surface area contributed by atoms with Crippen molar-refractivity contribution in [2.24, 2.45) is 11.8 Å². The van der Waals surface area contributed by atoms with Crippen LogP contribution >= 0.6 is 0 Å². The summed E-state index contributed by atoms with van der Waals surface area (Å²) in [6.07, 6.45) is 3.08. The standard InChI is InChI=1S/C7H9NO4.C6H14.C5H11NO.3CH4/c1-2-7(11)12-8-5(9)3-4-6(8)10;1-4-6(3)5-2;1-4(2)5(7)6-3;;;/h2-4H2,1H3;6H,4-5H2,1-3H3;4H,1-3H3,(H,6,7);3*1H4. The monoisotopic (exact) mass is 406 g/mol. The van der Waals surface area contributed by atoms with E-state index in [4.69, 9.17) is 0 Å². The number of hydroxylamine groups is 2.